The van der Waals surface area contributed by atoms with Gasteiger partial charge < -0.3 is 15.7 Å². The van der Waals surface area contributed by atoms with E-state index in [2.05, 4.69) is 49.8 Å². The quantitative estimate of drug-likeness (QED) is 0.321. The fourth-order valence-corrected chi connectivity index (χ4v) is 3.52. The third-order valence-electron chi connectivity index (χ3n) is 5.48. The van der Waals surface area contributed by atoms with Crippen molar-refractivity contribution in [2.45, 2.75) is 65.8 Å². The summed E-state index contributed by atoms with van der Waals surface area (Å²) in [5, 5.41) is 16.4. The van der Waals surface area contributed by atoms with Gasteiger partial charge in [0.05, 0.1) is 0 Å². The zero-order valence-corrected chi connectivity index (χ0v) is 16.9. The van der Waals surface area contributed by atoms with Gasteiger partial charge in [-0.15, -0.1) is 0 Å². The predicted octanol–water partition coefficient (Wildman–Crippen LogP) is 2.77. The minimum absolute atomic E-state index is 0.113. The van der Waals surface area contributed by atoms with Gasteiger partial charge in [-0.25, -0.2) is 0 Å². The highest BCUT2D eigenvalue weighted by molar-refractivity contribution is 5.80. The second-order valence-corrected chi connectivity index (χ2v) is 7.53. The van der Waals surface area contributed by atoms with Crippen molar-refractivity contribution in [1.29, 1.82) is 0 Å². The van der Waals surface area contributed by atoms with Gasteiger partial charge in [0.2, 0.25) is 0 Å². The number of likely N-dealkylation sites (tertiary alicyclic amines) is 1. The normalized spacial score (nSPS) is 17.6. The maximum absolute atomic E-state index is 9.39. The minimum Gasteiger partial charge on any atom is -0.396 e. The van der Waals surface area contributed by atoms with Gasteiger partial charge in [-0.05, 0) is 51.4 Å². The standard InChI is InChI=1S/C20H40N4O/c1-6-20(7-2,11-14-25)16-22-19(21-8-3)23-18-9-12-24(13-10-18)15-17(4)5/h18,25H,4,6-16H2,1-3,5H3,(H2,21,22,23). The molecule has 0 aromatic rings. The van der Waals surface area contributed by atoms with Crippen LogP contribution in [-0.4, -0.2) is 61.3 Å². The van der Waals surface area contributed by atoms with Crippen LogP contribution in [0.5, 0.6) is 0 Å². The third-order valence-corrected chi connectivity index (χ3v) is 5.48. The first-order valence-electron chi connectivity index (χ1n) is 10.0. The van der Waals surface area contributed by atoms with Crippen LogP contribution in [0.15, 0.2) is 17.1 Å². The predicted molar refractivity (Wildman–Crippen MR) is 108 cm³/mol. The topological polar surface area (TPSA) is 59.9 Å². The van der Waals surface area contributed by atoms with E-state index in [1.54, 1.807) is 0 Å². The molecule has 0 aromatic carbocycles. The Bertz CT molecular complexity index is 410. The highest BCUT2D eigenvalue weighted by atomic mass is 16.3. The highest BCUT2D eigenvalue weighted by Crippen LogP contribution is 2.30. The van der Waals surface area contributed by atoms with Crippen molar-refractivity contribution in [3.05, 3.63) is 12.2 Å². The molecule has 0 bridgehead atoms. The second kappa shape index (κ2) is 11.5. The van der Waals surface area contributed by atoms with Gasteiger partial charge in [-0.1, -0.05) is 26.0 Å². The SMILES string of the molecule is C=C(C)CN1CCC(NC(=NCC(CC)(CC)CCO)NCC)CC1. The van der Waals surface area contributed by atoms with Crippen molar-refractivity contribution < 1.29 is 5.11 Å². The number of nitrogens with zero attached hydrogens (tertiary/aromatic N) is 2. The number of nitrogens with one attached hydrogen (secondary N) is 2. The summed E-state index contributed by atoms with van der Waals surface area (Å²) in [6.07, 6.45) is 5.20. The van der Waals surface area contributed by atoms with Crippen molar-refractivity contribution >= 4 is 5.96 Å². The summed E-state index contributed by atoms with van der Waals surface area (Å²) in [6, 6.07) is 0.481. The smallest absolute Gasteiger partial charge is 0.191 e. The van der Waals surface area contributed by atoms with Gasteiger partial charge in [-0.3, -0.25) is 9.89 Å². The van der Waals surface area contributed by atoms with Crippen molar-refractivity contribution in [2.75, 3.05) is 39.3 Å². The van der Waals surface area contributed by atoms with E-state index in [0.29, 0.717) is 6.04 Å². The molecule has 0 aromatic heterocycles. The molecule has 1 aliphatic heterocycles. The number of rotatable bonds is 10. The van der Waals surface area contributed by atoms with E-state index in [1.807, 2.05) is 0 Å². The van der Waals surface area contributed by atoms with Crippen LogP contribution in [0.1, 0.15) is 59.8 Å². The largest absolute Gasteiger partial charge is 0.396 e. The summed E-state index contributed by atoms with van der Waals surface area (Å²) in [5.41, 5.74) is 1.35. The van der Waals surface area contributed by atoms with Crippen molar-refractivity contribution in [3.63, 3.8) is 0 Å². The van der Waals surface area contributed by atoms with E-state index in [4.69, 9.17) is 4.99 Å². The van der Waals surface area contributed by atoms with Gasteiger partial charge in [0.25, 0.3) is 0 Å². The minimum atomic E-state index is 0.113. The molecular weight excluding hydrogens is 312 g/mol. The molecule has 3 N–H and O–H groups in total. The number of hydrogen-bond donors (Lipinski definition) is 3. The highest BCUT2D eigenvalue weighted by Gasteiger charge is 2.26. The Morgan fingerprint density at radius 3 is 2.36 bits per heavy atom. The van der Waals surface area contributed by atoms with E-state index in [-0.39, 0.29) is 12.0 Å². The molecule has 5 nitrogen and oxygen atoms in total. The van der Waals surface area contributed by atoms with E-state index < -0.39 is 0 Å². The van der Waals surface area contributed by atoms with E-state index in [9.17, 15) is 5.11 Å². The summed E-state index contributed by atoms with van der Waals surface area (Å²) in [7, 11) is 0. The average Bonchev–Trinajstić information content (AvgIpc) is 2.60. The van der Waals surface area contributed by atoms with Gasteiger partial charge in [0.1, 0.15) is 0 Å². The number of hydrogen-bond acceptors (Lipinski definition) is 3. The van der Waals surface area contributed by atoms with Gasteiger partial charge >= 0.3 is 0 Å². The Morgan fingerprint density at radius 1 is 1.24 bits per heavy atom. The average molecular weight is 353 g/mol. The molecule has 146 valence electrons. The lowest BCUT2D eigenvalue weighted by Crippen LogP contribution is -2.49. The molecule has 5 heteroatoms. The summed E-state index contributed by atoms with van der Waals surface area (Å²) in [6.45, 7) is 17.7. The lowest BCUT2D eigenvalue weighted by Gasteiger charge is -2.34. The van der Waals surface area contributed by atoms with Crippen LogP contribution in [0.4, 0.5) is 0 Å². The van der Waals surface area contributed by atoms with Crippen LogP contribution >= 0.6 is 0 Å². The number of piperidine rings is 1. The maximum Gasteiger partial charge on any atom is 0.191 e. The molecule has 0 spiro atoms. The molecule has 1 rings (SSSR count). The van der Waals surface area contributed by atoms with E-state index in [0.717, 1.165) is 70.8 Å². The first-order valence-corrected chi connectivity index (χ1v) is 10.0. The molecule has 1 aliphatic rings. The molecule has 0 radical (unpaired) electrons. The monoisotopic (exact) mass is 352 g/mol. The van der Waals surface area contributed by atoms with Crippen molar-refractivity contribution in [2.24, 2.45) is 10.4 Å². The molecule has 0 atom stereocenters. The molecule has 25 heavy (non-hydrogen) atoms. The fourth-order valence-electron chi connectivity index (χ4n) is 3.52. The molecule has 0 saturated carbocycles. The number of guanidine groups is 1. The molecule has 1 saturated heterocycles. The molecule has 0 unspecified atom stereocenters. The lowest BCUT2D eigenvalue weighted by atomic mass is 9.79. The molecule has 0 aliphatic carbocycles. The Balaban J connectivity index is 2.60. The Hall–Kier alpha value is -1.07. The molecular formula is C20H40N4O. The maximum atomic E-state index is 9.39. The lowest BCUT2D eigenvalue weighted by molar-refractivity contribution is 0.175. The molecule has 0 amide bonds. The summed E-state index contributed by atoms with van der Waals surface area (Å²) >= 11 is 0. The number of aliphatic hydroxyl groups excluding tert-OH is 1. The third kappa shape index (κ3) is 7.78. The van der Waals surface area contributed by atoms with Crippen LogP contribution in [0.2, 0.25) is 0 Å². The van der Waals surface area contributed by atoms with Crippen LogP contribution in [0, 0.1) is 5.41 Å². The zero-order chi connectivity index (χ0) is 18.7. The molecule has 1 heterocycles. The second-order valence-electron chi connectivity index (χ2n) is 7.53. The Morgan fingerprint density at radius 2 is 1.88 bits per heavy atom. The first-order chi connectivity index (χ1) is 12.0. The van der Waals surface area contributed by atoms with Crippen LogP contribution in [0.3, 0.4) is 0 Å². The van der Waals surface area contributed by atoms with E-state index in [1.165, 1.54) is 5.57 Å². The Labute approximate surface area is 155 Å². The summed E-state index contributed by atoms with van der Waals surface area (Å²) in [5.74, 6) is 0.921. The van der Waals surface area contributed by atoms with Crippen LogP contribution in [0.25, 0.3) is 0 Å². The van der Waals surface area contributed by atoms with Crippen LogP contribution < -0.4 is 10.6 Å². The van der Waals surface area contributed by atoms with Gasteiger partial charge in [-0.2, -0.15) is 0 Å². The van der Waals surface area contributed by atoms with E-state index >= 15 is 0 Å². The Kier molecular flexibility index (Phi) is 10.1. The summed E-state index contributed by atoms with van der Waals surface area (Å²) < 4.78 is 0. The molecule has 1 fully saturated rings. The number of aliphatic imine (C=N–C) groups is 1. The number of aliphatic hydroxyl groups is 1. The van der Waals surface area contributed by atoms with Crippen molar-refractivity contribution in [1.82, 2.24) is 15.5 Å². The van der Waals surface area contributed by atoms with Crippen LogP contribution in [-0.2, 0) is 0 Å². The van der Waals surface area contributed by atoms with Gasteiger partial charge in [0.15, 0.2) is 5.96 Å². The van der Waals surface area contributed by atoms with Crippen molar-refractivity contribution in [3.8, 4) is 0 Å². The fraction of sp³-hybridized carbons (Fsp3) is 0.850. The summed E-state index contributed by atoms with van der Waals surface area (Å²) in [4.78, 5) is 7.34. The van der Waals surface area contributed by atoms with Gasteiger partial charge in [0, 0.05) is 45.4 Å². The first kappa shape index (κ1) is 22.0. The zero-order valence-electron chi connectivity index (χ0n) is 16.9.